The van der Waals surface area contributed by atoms with Crippen LogP contribution >= 0.6 is 0 Å². The molecule has 0 aromatic carbocycles. The minimum Gasteiger partial charge on any atom is -0.478 e. The van der Waals surface area contributed by atoms with Crippen LogP contribution in [0.25, 0.3) is 0 Å². The summed E-state index contributed by atoms with van der Waals surface area (Å²) >= 11 is 0. The van der Waals surface area contributed by atoms with Gasteiger partial charge in [0.1, 0.15) is 0 Å². The molecule has 0 spiro atoms. The standard InChI is InChI=1S/C8H9F5O2/c1-4(6(14)15)3-7(10,11)8(12,13)5(2)9/h3,5H,1-2H3,(H,14,15)/b4-3+. The Bertz CT molecular complexity index is 283. The maximum atomic E-state index is 12.7. The molecule has 0 amide bonds. The zero-order valence-corrected chi connectivity index (χ0v) is 7.90. The lowest BCUT2D eigenvalue weighted by Gasteiger charge is -2.25. The van der Waals surface area contributed by atoms with Crippen molar-refractivity contribution in [2.45, 2.75) is 31.9 Å². The van der Waals surface area contributed by atoms with Gasteiger partial charge < -0.3 is 5.11 Å². The van der Waals surface area contributed by atoms with Gasteiger partial charge in [0.05, 0.1) is 0 Å². The molecule has 88 valence electrons. The number of carbonyl (C=O) groups is 1. The Morgan fingerprint density at radius 2 is 1.73 bits per heavy atom. The minimum atomic E-state index is -4.93. The zero-order valence-electron chi connectivity index (χ0n) is 7.90. The van der Waals surface area contributed by atoms with Crippen molar-refractivity contribution in [1.29, 1.82) is 0 Å². The van der Waals surface area contributed by atoms with Gasteiger partial charge in [0.15, 0.2) is 6.17 Å². The molecule has 15 heavy (non-hydrogen) atoms. The van der Waals surface area contributed by atoms with E-state index in [0.29, 0.717) is 0 Å². The molecular weight excluding hydrogens is 223 g/mol. The summed E-state index contributed by atoms with van der Waals surface area (Å²) in [5.41, 5.74) is -0.972. The maximum Gasteiger partial charge on any atom is 0.344 e. The summed E-state index contributed by atoms with van der Waals surface area (Å²) in [7, 11) is 0. The molecule has 0 aliphatic heterocycles. The van der Waals surface area contributed by atoms with Crippen molar-refractivity contribution in [2.75, 3.05) is 0 Å². The molecule has 0 fully saturated rings. The summed E-state index contributed by atoms with van der Waals surface area (Å²) in [6, 6.07) is 0. The van der Waals surface area contributed by atoms with E-state index in [0.717, 1.165) is 6.92 Å². The zero-order chi connectivity index (χ0) is 12.4. The van der Waals surface area contributed by atoms with Gasteiger partial charge >= 0.3 is 17.8 Å². The summed E-state index contributed by atoms with van der Waals surface area (Å²) in [5, 5.41) is 8.21. The molecule has 1 atom stereocenters. The van der Waals surface area contributed by atoms with Gasteiger partial charge in [-0.1, -0.05) is 0 Å². The van der Waals surface area contributed by atoms with Gasteiger partial charge in [-0.05, 0) is 13.8 Å². The van der Waals surface area contributed by atoms with E-state index in [-0.39, 0.29) is 6.92 Å². The Labute approximate surface area is 82.4 Å². The van der Waals surface area contributed by atoms with Crippen LogP contribution in [0.3, 0.4) is 0 Å². The number of hydrogen-bond donors (Lipinski definition) is 1. The van der Waals surface area contributed by atoms with Crippen LogP contribution in [0.5, 0.6) is 0 Å². The third kappa shape index (κ3) is 2.90. The molecule has 0 aliphatic carbocycles. The minimum absolute atomic E-state index is 0.276. The number of carboxylic acid groups (broad SMARTS) is 1. The second-order valence-electron chi connectivity index (χ2n) is 2.99. The molecule has 0 saturated heterocycles. The Balaban J connectivity index is 5.15. The molecule has 0 aromatic heterocycles. The predicted octanol–water partition coefficient (Wildman–Crippen LogP) is 2.65. The van der Waals surface area contributed by atoms with Crippen LogP contribution < -0.4 is 0 Å². The topological polar surface area (TPSA) is 37.3 Å². The van der Waals surface area contributed by atoms with E-state index in [9.17, 15) is 26.7 Å². The van der Waals surface area contributed by atoms with E-state index < -0.39 is 35.6 Å². The lowest BCUT2D eigenvalue weighted by atomic mass is 10.1. The summed E-state index contributed by atoms with van der Waals surface area (Å²) in [5.74, 6) is -11.5. The van der Waals surface area contributed by atoms with Gasteiger partial charge in [-0.3, -0.25) is 0 Å². The van der Waals surface area contributed by atoms with Crippen LogP contribution in [-0.4, -0.2) is 29.1 Å². The Morgan fingerprint density at radius 3 is 2.00 bits per heavy atom. The molecule has 0 saturated carbocycles. The van der Waals surface area contributed by atoms with E-state index in [2.05, 4.69) is 0 Å². The highest BCUT2D eigenvalue weighted by Crippen LogP contribution is 2.39. The highest BCUT2D eigenvalue weighted by Gasteiger charge is 2.59. The molecule has 0 heterocycles. The fourth-order valence-corrected chi connectivity index (χ4v) is 0.695. The number of allylic oxidation sites excluding steroid dienone is 1. The van der Waals surface area contributed by atoms with Crippen molar-refractivity contribution in [3.05, 3.63) is 11.6 Å². The van der Waals surface area contributed by atoms with Gasteiger partial charge in [-0.2, -0.15) is 17.6 Å². The first-order chi connectivity index (χ1) is 6.52. The molecule has 0 aromatic rings. The second kappa shape index (κ2) is 4.16. The summed E-state index contributed by atoms with van der Waals surface area (Å²) in [4.78, 5) is 10.1. The molecule has 0 rings (SSSR count). The first-order valence-corrected chi connectivity index (χ1v) is 3.85. The molecule has 0 bridgehead atoms. The molecule has 2 nitrogen and oxygen atoms in total. The number of rotatable bonds is 4. The van der Waals surface area contributed by atoms with Gasteiger partial charge in [0.2, 0.25) is 0 Å². The van der Waals surface area contributed by atoms with Gasteiger partial charge in [0, 0.05) is 11.6 Å². The smallest absolute Gasteiger partial charge is 0.344 e. The lowest BCUT2D eigenvalue weighted by molar-refractivity contribution is -0.210. The first-order valence-electron chi connectivity index (χ1n) is 3.85. The van der Waals surface area contributed by atoms with Crippen molar-refractivity contribution in [1.82, 2.24) is 0 Å². The first kappa shape index (κ1) is 13.9. The van der Waals surface area contributed by atoms with Crippen molar-refractivity contribution in [3.63, 3.8) is 0 Å². The van der Waals surface area contributed by atoms with E-state index in [4.69, 9.17) is 5.11 Å². The van der Waals surface area contributed by atoms with Crippen LogP contribution in [0.1, 0.15) is 13.8 Å². The monoisotopic (exact) mass is 232 g/mol. The number of halogens is 5. The number of aliphatic carboxylic acids is 1. The predicted molar refractivity (Wildman–Crippen MR) is 41.9 cm³/mol. The highest BCUT2D eigenvalue weighted by atomic mass is 19.3. The van der Waals surface area contributed by atoms with Crippen molar-refractivity contribution in [3.8, 4) is 0 Å². The molecule has 1 unspecified atom stereocenters. The molecule has 1 N–H and O–H groups in total. The quantitative estimate of drug-likeness (QED) is 0.597. The van der Waals surface area contributed by atoms with Crippen LogP contribution in [0, 0.1) is 0 Å². The number of carboxylic acids is 1. The van der Waals surface area contributed by atoms with E-state index in [1.165, 1.54) is 0 Å². The molecule has 7 heteroatoms. The lowest BCUT2D eigenvalue weighted by Crippen LogP contribution is -2.45. The Hall–Kier alpha value is -1.14. The normalized spacial score (nSPS) is 16.3. The summed E-state index contributed by atoms with van der Waals surface area (Å²) in [6.07, 6.45) is -3.53. The van der Waals surface area contributed by atoms with Gasteiger partial charge in [0.25, 0.3) is 0 Å². The van der Waals surface area contributed by atoms with Crippen molar-refractivity contribution in [2.24, 2.45) is 0 Å². The largest absolute Gasteiger partial charge is 0.478 e. The van der Waals surface area contributed by atoms with Crippen molar-refractivity contribution < 1.29 is 31.9 Å². The van der Waals surface area contributed by atoms with Crippen LogP contribution in [-0.2, 0) is 4.79 Å². The average molecular weight is 232 g/mol. The summed E-state index contributed by atoms with van der Waals surface area (Å²) in [6.45, 7) is 0.993. The van der Waals surface area contributed by atoms with Gasteiger partial charge in [-0.15, -0.1) is 0 Å². The maximum absolute atomic E-state index is 12.7. The van der Waals surface area contributed by atoms with Crippen LogP contribution in [0.4, 0.5) is 22.0 Å². The van der Waals surface area contributed by atoms with Gasteiger partial charge in [-0.25, -0.2) is 9.18 Å². The Morgan fingerprint density at radius 1 is 1.33 bits per heavy atom. The fraction of sp³-hybridized carbons (Fsp3) is 0.625. The summed E-state index contributed by atoms with van der Waals surface area (Å²) < 4.78 is 62.9. The molecule has 0 radical (unpaired) electrons. The van der Waals surface area contributed by atoms with Crippen molar-refractivity contribution >= 4 is 5.97 Å². The average Bonchev–Trinajstić information content (AvgIpc) is 2.02. The second-order valence-corrected chi connectivity index (χ2v) is 2.99. The third-order valence-corrected chi connectivity index (χ3v) is 1.68. The SMILES string of the molecule is C/C(=C\C(F)(F)C(F)(F)C(C)F)C(=O)O. The third-order valence-electron chi connectivity index (χ3n) is 1.68. The number of alkyl halides is 5. The van der Waals surface area contributed by atoms with E-state index >= 15 is 0 Å². The highest BCUT2D eigenvalue weighted by molar-refractivity contribution is 5.86. The number of hydrogen-bond acceptors (Lipinski definition) is 1. The van der Waals surface area contributed by atoms with E-state index in [1.807, 2.05) is 0 Å². The van der Waals surface area contributed by atoms with E-state index in [1.54, 1.807) is 0 Å². The fourth-order valence-electron chi connectivity index (χ4n) is 0.695. The molecular formula is C8H9F5O2. The molecule has 0 aliphatic rings. The van der Waals surface area contributed by atoms with Crippen LogP contribution in [0.15, 0.2) is 11.6 Å². The Kier molecular flexibility index (Phi) is 3.84. The van der Waals surface area contributed by atoms with Crippen LogP contribution in [0.2, 0.25) is 0 Å².